The molecule has 2 rings (SSSR count). The second-order valence-electron chi connectivity index (χ2n) is 12.6. The first-order valence-electron chi connectivity index (χ1n) is 16.3. The molecular formula is C36H54N4O5. The van der Waals surface area contributed by atoms with E-state index in [0.29, 0.717) is 38.3 Å². The summed E-state index contributed by atoms with van der Waals surface area (Å²) in [6.45, 7) is 2.89. The van der Waals surface area contributed by atoms with E-state index >= 15 is 0 Å². The molecule has 1 fully saturated rings. The molecule has 9 nitrogen and oxygen atoms in total. The molecule has 3 amide bonds. The van der Waals surface area contributed by atoms with Crippen LogP contribution < -0.4 is 10.6 Å². The van der Waals surface area contributed by atoms with Crippen LogP contribution in [-0.2, 0) is 20.8 Å². The standard InChI is InChI=1S/C36H54N4O5/c1-6-8-20-30(36(45)38-31(25-28-18-14-11-15-19-28)34(43)32(41)21-9-7-2)37-35(44)29(24-27-16-12-10-13-17-27)26-33(42)40(5)23-22-39(3)4/h2,10,12-13,16-17,28-32,34,41,43H,9,11,14-15,18-26H2,1,3-5H3,(H,37,44)(H,38,45). The fourth-order valence-electron chi connectivity index (χ4n) is 5.72. The second kappa shape index (κ2) is 20.6. The van der Waals surface area contributed by atoms with Crippen molar-refractivity contribution in [1.29, 1.82) is 0 Å². The molecule has 1 aliphatic carbocycles. The number of hydrogen-bond donors (Lipinski definition) is 4. The van der Waals surface area contributed by atoms with Gasteiger partial charge in [0, 0.05) is 39.4 Å². The zero-order valence-corrected chi connectivity index (χ0v) is 27.6. The number of carbonyl (C=O) groups is 3. The van der Waals surface area contributed by atoms with Gasteiger partial charge in [0.15, 0.2) is 0 Å². The number of hydrogen-bond acceptors (Lipinski definition) is 6. The SMILES string of the molecule is C#CCCC(O)C(O)C(CC1CCCCC1)NC(=O)C(CC#CC)NC(=O)C(CC(=O)N(C)CCN(C)C)Cc1ccccc1. The number of nitrogens with one attached hydrogen (secondary N) is 2. The van der Waals surface area contributed by atoms with Gasteiger partial charge in [-0.3, -0.25) is 14.4 Å². The Morgan fingerprint density at radius 3 is 2.31 bits per heavy atom. The molecule has 1 aromatic rings. The number of amides is 3. The summed E-state index contributed by atoms with van der Waals surface area (Å²) in [4.78, 5) is 44.3. The Hall–Kier alpha value is -3.37. The van der Waals surface area contributed by atoms with Gasteiger partial charge in [-0.05, 0) is 51.8 Å². The highest BCUT2D eigenvalue weighted by Crippen LogP contribution is 2.29. The lowest BCUT2D eigenvalue weighted by atomic mass is 9.82. The number of likely N-dealkylation sites (N-methyl/N-ethyl adjacent to an activating group) is 2. The van der Waals surface area contributed by atoms with E-state index in [2.05, 4.69) is 28.4 Å². The largest absolute Gasteiger partial charge is 0.390 e. The van der Waals surface area contributed by atoms with Crippen molar-refractivity contribution < 1.29 is 24.6 Å². The van der Waals surface area contributed by atoms with E-state index in [1.165, 1.54) is 6.42 Å². The number of aliphatic hydroxyl groups is 2. The van der Waals surface area contributed by atoms with Crippen LogP contribution >= 0.6 is 0 Å². The van der Waals surface area contributed by atoms with E-state index in [1.54, 1.807) is 18.9 Å². The van der Waals surface area contributed by atoms with Gasteiger partial charge in [0.25, 0.3) is 0 Å². The van der Waals surface area contributed by atoms with Crippen molar-refractivity contribution in [2.45, 2.75) is 102 Å². The molecule has 4 N–H and O–H groups in total. The van der Waals surface area contributed by atoms with Gasteiger partial charge >= 0.3 is 0 Å². The smallest absolute Gasteiger partial charge is 0.243 e. The molecule has 1 aliphatic rings. The van der Waals surface area contributed by atoms with E-state index in [9.17, 15) is 24.6 Å². The van der Waals surface area contributed by atoms with Gasteiger partial charge in [-0.15, -0.1) is 24.2 Å². The lowest BCUT2D eigenvalue weighted by Crippen LogP contribution is -2.56. The number of aliphatic hydroxyl groups excluding tert-OH is 2. The minimum absolute atomic E-state index is 0.0111. The molecule has 1 aromatic carbocycles. The average molecular weight is 623 g/mol. The van der Waals surface area contributed by atoms with Crippen molar-refractivity contribution in [2.75, 3.05) is 34.2 Å². The van der Waals surface area contributed by atoms with Crippen LogP contribution in [0.2, 0.25) is 0 Å². The van der Waals surface area contributed by atoms with E-state index in [4.69, 9.17) is 6.42 Å². The average Bonchev–Trinajstić information content (AvgIpc) is 3.04. The summed E-state index contributed by atoms with van der Waals surface area (Å²) in [5.41, 5.74) is 0.910. The third kappa shape index (κ3) is 14.1. The number of nitrogens with zero attached hydrogens (tertiary/aromatic N) is 2. The number of benzene rings is 1. The molecule has 9 heteroatoms. The number of terminal acetylenes is 1. The minimum Gasteiger partial charge on any atom is -0.390 e. The van der Waals surface area contributed by atoms with Crippen LogP contribution in [0.4, 0.5) is 0 Å². The van der Waals surface area contributed by atoms with E-state index < -0.39 is 42.0 Å². The molecule has 0 heterocycles. The summed E-state index contributed by atoms with van der Waals surface area (Å²) in [7, 11) is 5.60. The Morgan fingerprint density at radius 2 is 1.69 bits per heavy atom. The first-order valence-corrected chi connectivity index (χ1v) is 16.3. The maximum absolute atomic E-state index is 13.8. The normalized spacial score (nSPS) is 16.7. The summed E-state index contributed by atoms with van der Waals surface area (Å²) in [5, 5.41) is 27.6. The Balaban J connectivity index is 2.25. The summed E-state index contributed by atoms with van der Waals surface area (Å²) in [5.74, 6) is 6.74. The van der Waals surface area contributed by atoms with Gasteiger partial charge < -0.3 is 30.6 Å². The summed E-state index contributed by atoms with van der Waals surface area (Å²) in [6, 6.07) is 7.77. The fraction of sp³-hybridized carbons (Fsp3) is 0.639. The Labute approximate surface area is 270 Å². The highest BCUT2D eigenvalue weighted by atomic mass is 16.3. The van der Waals surface area contributed by atoms with Gasteiger partial charge in [0.05, 0.1) is 18.1 Å². The molecule has 5 unspecified atom stereocenters. The zero-order chi connectivity index (χ0) is 33.2. The predicted octanol–water partition coefficient (Wildman–Crippen LogP) is 2.74. The van der Waals surface area contributed by atoms with Crippen LogP contribution in [0, 0.1) is 36.0 Å². The highest BCUT2D eigenvalue weighted by molar-refractivity contribution is 5.91. The van der Waals surface area contributed by atoms with Crippen molar-refractivity contribution in [3.8, 4) is 24.2 Å². The molecule has 248 valence electrons. The molecule has 1 saturated carbocycles. The maximum atomic E-state index is 13.8. The van der Waals surface area contributed by atoms with Crippen LogP contribution in [0.25, 0.3) is 0 Å². The number of rotatable bonds is 18. The van der Waals surface area contributed by atoms with Gasteiger partial charge in [0.2, 0.25) is 17.7 Å². The monoisotopic (exact) mass is 622 g/mol. The molecule has 5 atom stereocenters. The number of carbonyl (C=O) groups excluding carboxylic acids is 3. The van der Waals surface area contributed by atoms with Gasteiger partial charge in [-0.25, -0.2) is 0 Å². The van der Waals surface area contributed by atoms with Crippen molar-refractivity contribution in [3.63, 3.8) is 0 Å². The zero-order valence-electron chi connectivity index (χ0n) is 27.6. The van der Waals surface area contributed by atoms with Gasteiger partial charge in [0.1, 0.15) is 12.1 Å². The molecule has 45 heavy (non-hydrogen) atoms. The van der Waals surface area contributed by atoms with E-state index in [1.807, 2.05) is 49.3 Å². The van der Waals surface area contributed by atoms with Gasteiger partial charge in [-0.1, -0.05) is 62.4 Å². The van der Waals surface area contributed by atoms with Gasteiger partial charge in [-0.2, -0.15) is 0 Å². The Morgan fingerprint density at radius 1 is 1.00 bits per heavy atom. The topological polar surface area (TPSA) is 122 Å². The Kier molecular flexibility index (Phi) is 17.3. The first kappa shape index (κ1) is 37.8. The summed E-state index contributed by atoms with van der Waals surface area (Å²) in [6.07, 6.45) is 9.85. The quantitative estimate of drug-likeness (QED) is 0.187. The van der Waals surface area contributed by atoms with Crippen molar-refractivity contribution in [2.24, 2.45) is 11.8 Å². The molecule has 0 bridgehead atoms. The van der Waals surface area contributed by atoms with Crippen LogP contribution in [0.3, 0.4) is 0 Å². The fourth-order valence-corrected chi connectivity index (χ4v) is 5.72. The first-order chi connectivity index (χ1) is 21.5. The predicted molar refractivity (Wildman–Crippen MR) is 178 cm³/mol. The lowest BCUT2D eigenvalue weighted by Gasteiger charge is -2.33. The lowest BCUT2D eigenvalue weighted by molar-refractivity contribution is -0.136. The van der Waals surface area contributed by atoms with E-state index in [0.717, 1.165) is 31.2 Å². The minimum atomic E-state index is -1.21. The highest BCUT2D eigenvalue weighted by Gasteiger charge is 2.34. The molecule has 0 spiro atoms. The van der Waals surface area contributed by atoms with Crippen molar-refractivity contribution in [1.82, 2.24) is 20.4 Å². The Bertz CT molecular complexity index is 1150. The van der Waals surface area contributed by atoms with Crippen LogP contribution in [0.1, 0.15) is 76.7 Å². The molecule has 0 saturated heterocycles. The maximum Gasteiger partial charge on any atom is 0.243 e. The molecule has 0 aliphatic heterocycles. The van der Waals surface area contributed by atoms with Crippen molar-refractivity contribution >= 4 is 17.7 Å². The third-order valence-corrected chi connectivity index (χ3v) is 8.57. The third-order valence-electron chi connectivity index (χ3n) is 8.57. The van der Waals surface area contributed by atoms with E-state index in [-0.39, 0.29) is 25.2 Å². The van der Waals surface area contributed by atoms with Crippen molar-refractivity contribution in [3.05, 3.63) is 35.9 Å². The molecular weight excluding hydrogens is 568 g/mol. The molecule has 0 aromatic heterocycles. The van der Waals surface area contributed by atoms with Crippen LogP contribution in [-0.4, -0.2) is 96.3 Å². The van der Waals surface area contributed by atoms with Crippen LogP contribution in [0.5, 0.6) is 0 Å². The molecule has 0 radical (unpaired) electrons. The summed E-state index contributed by atoms with van der Waals surface area (Å²) >= 11 is 0. The summed E-state index contributed by atoms with van der Waals surface area (Å²) < 4.78 is 0. The van der Waals surface area contributed by atoms with Crippen LogP contribution in [0.15, 0.2) is 30.3 Å². The second-order valence-corrected chi connectivity index (χ2v) is 12.6.